The number of rotatable bonds is 19. The van der Waals surface area contributed by atoms with E-state index in [-0.39, 0.29) is 46.2 Å². The zero-order valence-electron chi connectivity index (χ0n) is 32.0. The van der Waals surface area contributed by atoms with Gasteiger partial charge in [0.1, 0.15) is 0 Å². The Morgan fingerprint density at radius 2 is 1.23 bits per heavy atom. The van der Waals surface area contributed by atoms with Crippen LogP contribution in [0.5, 0.6) is 0 Å². The lowest BCUT2D eigenvalue weighted by Gasteiger charge is -2.55. The fraction of sp³-hybridized carbons (Fsp3) is 0.838. The highest BCUT2D eigenvalue weighted by Gasteiger charge is 2.45. The van der Waals surface area contributed by atoms with Crippen molar-refractivity contribution in [2.45, 2.75) is 132 Å². The second kappa shape index (κ2) is 19.5. The smallest absolute Gasteiger partial charge is 0.0521 e. The van der Waals surface area contributed by atoms with Gasteiger partial charge in [0.2, 0.25) is 0 Å². The summed E-state index contributed by atoms with van der Waals surface area (Å²) in [5.74, 6) is 3.64. The van der Waals surface area contributed by atoms with Crippen molar-refractivity contribution in [2.75, 3.05) is 56.9 Å². The van der Waals surface area contributed by atoms with E-state index in [0.29, 0.717) is 6.54 Å². The van der Waals surface area contributed by atoms with Crippen molar-refractivity contribution in [3.05, 3.63) is 36.0 Å². The first-order valence-corrected chi connectivity index (χ1v) is 18.8. The molecule has 0 aromatic heterocycles. The van der Waals surface area contributed by atoms with Gasteiger partial charge in [0, 0.05) is 46.0 Å². The van der Waals surface area contributed by atoms with Gasteiger partial charge in [-0.2, -0.15) is 23.5 Å². The van der Waals surface area contributed by atoms with E-state index in [1.54, 1.807) is 11.8 Å². The van der Waals surface area contributed by atoms with Crippen LogP contribution in [-0.2, 0) is 0 Å². The number of hydrogen-bond acceptors (Lipinski definition) is 7. The highest BCUT2D eigenvalue weighted by Crippen LogP contribution is 2.44. The van der Waals surface area contributed by atoms with E-state index in [2.05, 4.69) is 146 Å². The van der Waals surface area contributed by atoms with Crippen molar-refractivity contribution in [1.29, 1.82) is 0 Å². The Morgan fingerprint density at radius 3 is 1.64 bits per heavy atom. The lowest BCUT2D eigenvalue weighted by atomic mass is 9.69. The van der Waals surface area contributed by atoms with Crippen molar-refractivity contribution in [3.8, 4) is 0 Å². The Kier molecular flexibility index (Phi) is 20.3. The highest BCUT2D eigenvalue weighted by atomic mass is 32.2. The Hall–Kier alpha value is -0.280. The molecule has 0 spiro atoms. The molecule has 0 saturated heterocycles. The summed E-state index contributed by atoms with van der Waals surface area (Å²) in [5.41, 5.74) is 7.36. The summed E-state index contributed by atoms with van der Waals surface area (Å²) in [6, 6.07) is 0. The van der Waals surface area contributed by atoms with Crippen molar-refractivity contribution >= 4 is 23.5 Å². The summed E-state index contributed by atoms with van der Waals surface area (Å²) in [6.45, 7) is 38.4. The molecular weight excluding hydrogens is 583 g/mol. The molecule has 0 amide bonds. The molecule has 44 heavy (non-hydrogen) atoms. The maximum atomic E-state index is 9.16. The molecule has 0 aliphatic heterocycles. The maximum absolute atomic E-state index is 9.16. The molecular formula is C37H75N3O2S2. The summed E-state index contributed by atoms with van der Waals surface area (Å²) in [6.07, 6.45) is 9.18. The van der Waals surface area contributed by atoms with Crippen LogP contribution in [0, 0.1) is 10.8 Å². The van der Waals surface area contributed by atoms with Crippen LogP contribution in [0.25, 0.3) is 0 Å². The number of thioether (sulfide) groups is 2. The molecule has 0 fully saturated rings. The molecule has 0 rings (SSSR count). The molecule has 0 aromatic carbocycles. The van der Waals surface area contributed by atoms with E-state index in [4.69, 9.17) is 15.9 Å². The van der Waals surface area contributed by atoms with Crippen LogP contribution in [0.15, 0.2) is 36.0 Å². The molecule has 0 saturated carbocycles. The second-order valence-corrected chi connectivity index (χ2v) is 18.3. The van der Waals surface area contributed by atoms with Gasteiger partial charge < -0.3 is 15.9 Å². The normalized spacial score (nSPS) is 14.4. The maximum Gasteiger partial charge on any atom is 0.0521 e. The SMILES string of the molecule is C=C(/C=C(\C=C\C(C)(C)C)C(C)(C)N(C)C(C)(C)CC)C(C)(C)N(C)C(C)(C)C(C)(C)CCSCCO.NCCSCCO. The van der Waals surface area contributed by atoms with Crippen molar-refractivity contribution in [1.82, 2.24) is 9.80 Å². The third-order valence-electron chi connectivity index (χ3n) is 10.1. The van der Waals surface area contributed by atoms with Gasteiger partial charge in [0.05, 0.1) is 13.2 Å². The highest BCUT2D eigenvalue weighted by molar-refractivity contribution is 7.99. The van der Waals surface area contributed by atoms with Gasteiger partial charge in [-0.15, -0.1) is 0 Å². The first-order valence-electron chi connectivity index (χ1n) is 16.5. The van der Waals surface area contributed by atoms with E-state index < -0.39 is 0 Å². The predicted molar refractivity (Wildman–Crippen MR) is 204 cm³/mol. The summed E-state index contributed by atoms with van der Waals surface area (Å²) in [4.78, 5) is 5.03. The third-order valence-corrected chi connectivity index (χ3v) is 12.1. The van der Waals surface area contributed by atoms with Gasteiger partial charge in [0.25, 0.3) is 0 Å². The lowest BCUT2D eigenvalue weighted by Crippen LogP contribution is -2.60. The zero-order valence-corrected chi connectivity index (χ0v) is 33.6. The third kappa shape index (κ3) is 14.6. The molecule has 0 aliphatic carbocycles. The number of allylic oxidation sites excluding steroid dienone is 1. The molecule has 0 atom stereocenters. The van der Waals surface area contributed by atoms with E-state index in [9.17, 15) is 0 Å². The molecule has 0 unspecified atom stereocenters. The molecule has 0 bridgehead atoms. The van der Waals surface area contributed by atoms with Crippen LogP contribution in [0.4, 0.5) is 0 Å². The average Bonchev–Trinajstić information content (AvgIpc) is 2.92. The number of nitrogens with zero attached hydrogens (tertiary/aromatic N) is 2. The van der Waals surface area contributed by atoms with Crippen LogP contribution in [0.3, 0.4) is 0 Å². The summed E-state index contributed by atoms with van der Waals surface area (Å²) < 4.78 is 0. The van der Waals surface area contributed by atoms with Gasteiger partial charge >= 0.3 is 0 Å². The topological polar surface area (TPSA) is 73.0 Å². The largest absolute Gasteiger partial charge is 0.396 e. The van der Waals surface area contributed by atoms with Gasteiger partial charge in [-0.1, -0.05) is 66.3 Å². The first kappa shape index (κ1) is 45.8. The quantitative estimate of drug-likeness (QED) is 0.0954. The minimum absolute atomic E-state index is 0.0645. The van der Waals surface area contributed by atoms with E-state index in [1.165, 1.54) is 5.57 Å². The van der Waals surface area contributed by atoms with Gasteiger partial charge in [0.15, 0.2) is 0 Å². The van der Waals surface area contributed by atoms with E-state index in [1.807, 2.05) is 11.8 Å². The summed E-state index contributed by atoms with van der Waals surface area (Å²) in [7, 11) is 4.51. The number of aliphatic hydroxyl groups excluding tert-OH is 2. The number of aliphatic hydroxyl groups is 2. The molecule has 262 valence electrons. The lowest BCUT2D eigenvalue weighted by molar-refractivity contribution is -0.0202. The molecule has 0 aliphatic rings. The Morgan fingerprint density at radius 1 is 0.750 bits per heavy atom. The zero-order chi connectivity index (χ0) is 35.2. The Labute approximate surface area is 284 Å². The van der Waals surface area contributed by atoms with Gasteiger partial charge in [-0.3, -0.25) is 9.80 Å². The second-order valence-electron chi connectivity index (χ2n) is 15.9. The van der Waals surface area contributed by atoms with Gasteiger partial charge in [-0.05, 0) is 110 Å². The molecule has 7 heteroatoms. The van der Waals surface area contributed by atoms with E-state index in [0.717, 1.165) is 41.4 Å². The molecule has 0 radical (unpaired) electrons. The first-order chi connectivity index (χ1) is 19.8. The number of likely N-dealkylation sites (N-methyl/N-ethyl adjacent to an activating group) is 2. The van der Waals surface area contributed by atoms with Crippen LogP contribution in [-0.4, -0.2) is 99.0 Å². The minimum atomic E-state index is -0.241. The van der Waals surface area contributed by atoms with E-state index >= 15 is 0 Å². The van der Waals surface area contributed by atoms with Crippen LogP contribution < -0.4 is 5.73 Å². The van der Waals surface area contributed by atoms with Gasteiger partial charge in [-0.25, -0.2) is 0 Å². The summed E-state index contributed by atoms with van der Waals surface area (Å²) in [5, 5.41) is 17.4. The van der Waals surface area contributed by atoms with Crippen LogP contribution >= 0.6 is 23.5 Å². The molecule has 5 nitrogen and oxygen atoms in total. The monoisotopic (exact) mass is 658 g/mol. The fourth-order valence-corrected chi connectivity index (χ4v) is 6.23. The minimum Gasteiger partial charge on any atom is -0.396 e. The molecule has 0 heterocycles. The van der Waals surface area contributed by atoms with Crippen LogP contribution in [0.1, 0.15) is 110 Å². The Bertz CT molecular complexity index is 880. The summed E-state index contributed by atoms with van der Waals surface area (Å²) >= 11 is 3.52. The van der Waals surface area contributed by atoms with Crippen LogP contribution in [0.2, 0.25) is 0 Å². The standard InChI is InChI=1S/C33H64N2OS.C4H11NOS/c1-18-30(8,9)34(16)32(12,13)27(19-20-28(3,4)5)25-26(2)31(10,11)35(17)33(14,15)29(6,7)21-23-37-24-22-36;5-1-3-7-4-2-6/h19-20,25,36H,2,18,21-24H2,1,3-17H3;6H,1-5H2/b20-19+,27-25+;. The molecule has 4 N–H and O–H groups in total. The van der Waals surface area contributed by atoms with Crippen molar-refractivity contribution in [2.24, 2.45) is 16.6 Å². The average molecular weight is 658 g/mol. The number of hydrogen-bond donors (Lipinski definition) is 3. The Balaban J connectivity index is 0. The number of nitrogens with two attached hydrogens (primary N) is 1. The van der Waals surface area contributed by atoms with Crippen molar-refractivity contribution < 1.29 is 10.2 Å². The molecule has 0 aromatic rings. The fourth-order valence-electron chi connectivity index (χ4n) is 4.74. The predicted octanol–water partition coefficient (Wildman–Crippen LogP) is 8.27. The van der Waals surface area contributed by atoms with Crippen molar-refractivity contribution in [3.63, 3.8) is 0 Å².